The maximum Gasteiger partial charge on any atom is 0.117 e. The van der Waals surface area contributed by atoms with E-state index in [-0.39, 0.29) is 0 Å². The van der Waals surface area contributed by atoms with Crippen LogP contribution in [0.25, 0.3) is 0 Å². The van der Waals surface area contributed by atoms with Crippen LogP contribution >= 0.6 is 15.9 Å². The van der Waals surface area contributed by atoms with Crippen LogP contribution in [0.2, 0.25) is 0 Å². The molecule has 0 amide bonds. The number of halogens is 1. The van der Waals surface area contributed by atoms with Gasteiger partial charge in [0.15, 0.2) is 0 Å². The first-order valence-electron chi connectivity index (χ1n) is 4.06. The third-order valence-corrected chi connectivity index (χ3v) is 2.41. The molecule has 0 aliphatic rings. The van der Waals surface area contributed by atoms with Gasteiger partial charge < -0.3 is 4.42 Å². The molecule has 0 aliphatic carbocycles. The second-order valence-electron chi connectivity index (χ2n) is 2.65. The number of aryl methyl sites for hydroxylation is 1. The summed E-state index contributed by atoms with van der Waals surface area (Å²) in [6.07, 6.45) is 6.56. The van der Waals surface area contributed by atoms with Crippen molar-refractivity contribution in [1.82, 2.24) is 0 Å². The highest BCUT2D eigenvalue weighted by atomic mass is 79.9. The highest BCUT2D eigenvalue weighted by Gasteiger charge is 2.01. The normalized spacial score (nSPS) is 10.4. The molecule has 1 aromatic rings. The van der Waals surface area contributed by atoms with Crippen LogP contribution in [0.4, 0.5) is 0 Å². The standard InChI is InChI=1S/C9H13BrO/c1-2-3-4-5-9-8(10)6-7-11-9/h6-7H,2-5H2,1H3. The van der Waals surface area contributed by atoms with Gasteiger partial charge in [-0.3, -0.25) is 0 Å². The summed E-state index contributed by atoms with van der Waals surface area (Å²) < 4.78 is 6.37. The van der Waals surface area contributed by atoms with Crippen molar-refractivity contribution in [2.75, 3.05) is 0 Å². The summed E-state index contributed by atoms with van der Waals surface area (Å²) in [7, 11) is 0. The Morgan fingerprint density at radius 3 is 2.82 bits per heavy atom. The predicted molar refractivity (Wildman–Crippen MR) is 49.6 cm³/mol. The van der Waals surface area contributed by atoms with Gasteiger partial charge in [0.05, 0.1) is 10.7 Å². The molecule has 1 aromatic heterocycles. The van der Waals surface area contributed by atoms with Gasteiger partial charge in [-0.2, -0.15) is 0 Å². The third kappa shape index (κ3) is 2.70. The molecule has 1 heterocycles. The zero-order chi connectivity index (χ0) is 8.10. The second kappa shape index (κ2) is 4.60. The van der Waals surface area contributed by atoms with E-state index in [4.69, 9.17) is 4.42 Å². The van der Waals surface area contributed by atoms with E-state index in [0.717, 1.165) is 16.7 Å². The Balaban J connectivity index is 2.32. The summed E-state index contributed by atoms with van der Waals surface area (Å²) in [5.41, 5.74) is 0. The summed E-state index contributed by atoms with van der Waals surface area (Å²) in [6, 6.07) is 1.95. The number of hydrogen-bond donors (Lipinski definition) is 0. The van der Waals surface area contributed by atoms with Crippen molar-refractivity contribution in [3.05, 3.63) is 22.6 Å². The summed E-state index contributed by atoms with van der Waals surface area (Å²) in [6.45, 7) is 2.21. The summed E-state index contributed by atoms with van der Waals surface area (Å²) in [5, 5.41) is 0. The van der Waals surface area contributed by atoms with Gasteiger partial charge >= 0.3 is 0 Å². The lowest BCUT2D eigenvalue weighted by atomic mass is 10.2. The van der Waals surface area contributed by atoms with Crippen molar-refractivity contribution >= 4 is 15.9 Å². The van der Waals surface area contributed by atoms with Crippen LogP contribution in [0.1, 0.15) is 31.9 Å². The van der Waals surface area contributed by atoms with E-state index in [1.165, 1.54) is 19.3 Å². The molecule has 0 fully saturated rings. The number of furan rings is 1. The molecular formula is C9H13BrO. The molecule has 0 spiro atoms. The Hall–Kier alpha value is -0.240. The minimum atomic E-state index is 1.06. The molecule has 0 saturated carbocycles. The third-order valence-electron chi connectivity index (χ3n) is 1.70. The zero-order valence-electron chi connectivity index (χ0n) is 6.77. The Bertz CT molecular complexity index is 205. The molecule has 0 bridgehead atoms. The number of hydrogen-bond acceptors (Lipinski definition) is 1. The van der Waals surface area contributed by atoms with Crippen molar-refractivity contribution in [3.8, 4) is 0 Å². The Labute approximate surface area is 75.9 Å². The van der Waals surface area contributed by atoms with Crippen molar-refractivity contribution in [2.45, 2.75) is 32.6 Å². The van der Waals surface area contributed by atoms with Gasteiger partial charge in [0, 0.05) is 6.42 Å². The molecule has 62 valence electrons. The minimum absolute atomic E-state index is 1.06. The smallest absolute Gasteiger partial charge is 0.117 e. The lowest BCUT2D eigenvalue weighted by Gasteiger charge is -1.95. The lowest BCUT2D eigenvalue weighted by Crippen LogP contribution is -1.82. The van der Waals surface area contributed by atoms with E-state index in [2.05, 4.69) is 22.9 Å². The first kappa shape index (κ1) is 8.85. The number of unbranched alkanes of at least 4 members (excludes halogenated alkanes) is 2. The van der Waals surface area contributed by atoms with Crippen LogP contribution in [0.5, 0.6) is 0 Å². The average molecular weight is 217 g/mol. The molecule has 0 atom stereocenters. The largest absolute Gasteiger partial charge is 0.468 e. The van der Waals surface area contributed by atoms with Crippen LogP contribution in [0, 0.1) is 0 Å². The second-order valence-corrected chi connectivity index (χ2v) is 3.50. The molecule has 0 aliphatic heterocycles. The van der Waals surface area contributed by atoms with E-state index in [9.17, 15) is 0 Å². The molecule has 1 nitrogen and oxygen atoms in total. The monoisotopic (exact) mass is 216 g/mol. The van der Waals surface area contributed by atoms with Gasteiger partial charge in [0.25, 0.3) is 0 Å². The zero-order valence-corrected chi connectivity index (χ0v) is 8.36. The van der Waals surface area contributed by atoms with Crippen LogP contribution in [-0.2, 0) is 6.42 Å². The Morgan fingerprint density at radius 1 is 1.45 bits per heavy atom. The van der Waals surface area contributed by atoms with Gasteiger partial charge in [-0.25, -0.2) is 0 Å². The van der Waals surface area contributed by atoms with E-state index >= 15 is 0 Å². The van der Waals surface area contributed by atoms with Gasteiger partial charge in [-0.15, -0.1) is 0 Å². The quantitative estimate of drug-likeness (QED) is 0.699. The SMILES string of the molecule is CCCCCc1occc1Br. The van der Waals surface area contributed by atoms with Crippen LogP contribution in [-0.4, -0.2) is 0 Å². The maximum absolute atomic E-state index is 5.26. The van der Waals surface area contributed by atoms with Gasteiger partial charge in [-0.05, 0) is 28.4 Å². The van der Waals surface area contributed by atoms with E-state index in [1.54, 1.807) is 6.26 Å². The number of rotatable bonds is 4. The highest BCUT2D eigenvalue weighted by Crippen LogP contribution is 2.19. The van der Waals surface area contributed by atoms with E-state index < -0.39 is 0 Å². The lowest BCUT2D eigenvalue weighted by molar-refractivity contribution is 0.495. The first-order chi connectivity index (χ1) is 5.34. The van der Waals surface area contributed by atoms with Crippen LogP contribution < -0.4 is 0 Å². The van der Waals surface area contributed by atoms with E-state index in [1.807, 2.05) is 6.07 Å². The van der Waals surface area contributed by atoms with Gasteiger partial charge in [-0.1, -0.05) is 19.8 Å². The van der Waals surface area contributed by atoms with Crippen LogP contribution in [0.15, 0.2) is 21.2 Å². The average Bonchev–Trinajstić information content (AvgIpc) is 2.37. The summed E-state index contributed by atoms with van der Waals surface area (Å²) in [5.74, 6) is 1.08. The molecule has 0 radical (unpaired) electrons. The van der Waals surface area contributed by atoms with Crippen molar-refractivity contribution in [2.24, 2.45) is 0 Å². The molecule has 2 heteroatoms. The summed E-state index contributed by atoms with van der Waals surface area (Å²) in [4.78, 5) is 0. The predicted octanol–water partition coefficient (Wildman–Crippen LogP) is 3.77. The van der Waals surface area contributed by atoms with Gasteiger partial charge in [0.2, 0.25) is 0 Å². The molecule has 11 heavy (non-hydrogen) atoms. The fourth-order valence-corrected chi connectivity index (χ4v) is 1.44. The fraction of sp³-hybridized carbons (Fsp3) is 0.556. The molecule has 0 saturated heterocycles. The molecule has 0 aromatic carbocycles. The molecular weight excluding hydrogens is 204 g/mol. The van der Waals surface area contributed by atoms with Crippen molar-refractivity contribution in [3.63, 3.8) is 0 Å². The summed E-state index contributed by atoms with van der Waals surface area (Å²) >= 11 is 3.42. The molecule has 1 rings (SSSR count). The molecule has 0 unspecified atom stereocenters. The first-order valence-corrected chi connectivity index (χ1v) is 4.85. The van der Waals surface area contributed by atoms with Crippen LogP contribution in [0.3, 0.4) is 0 Å². The fourth-order valence-electron chi connectivity index (χ4n) is 1.04. The molecule has 0 N–H and O–H groups in total. The maximum atomic E-state index is 5.26. The van der Waals surface area contributed by atoms with Crippen molar-refractivity contribution < 1.29 is 4.42 Å². The topological polar surface area (TPSA) is 13.1 Å². The Morgan fingerprint density at radius 2 is 2.27 bits per heavy atom. The van der Waals surface area contributed by atoms with Crippen molar-refractivity contribution in [1.29, 1.82) is 0 Å². The minimum Gasteiger partial charge on any atom is -0.468 e. The highest BCUT2D eigenvalue weighted by molar-refractivity contribution is 9.10. The van der Waals surface area contributed by atoms with Gasteiger partial charge in [0.1, 0.15) is 5.76 Å². The van der Waals surface area contributed by atoms with E-state index in [0.29, 0.717) is 0 Å². The Kier molecular flexibility index (Phi) is 3.70.